The second-order valence-corrected chi connectivity index (χ2v) is 7.33. The van der Waals surface area contributed by atoms with E-state index in [1.54, 1.807) is 43.3 Å². The number of ether oxygens (including phenoxy) is 2. The van der Waals surface area contributed by atoms with Crippen molar-refractivity contribution in [1.29, 1.82) is 0 Å². The SMILES string of the molecule is Cc1cc(-c2cccc(C(=O)O)c2)ccc1O[C@H]1O[C@H](CO)[C@@H](O)[C@H](O)[C@@]1(C)O. The van der Waals surface area contributed by atoms with E-state index in [1.165, 1.54) is 13.0 Å². The Kier molecular flexibility index (Phi) is 5.92. The molecule has 0 radical (unpaired) electrons. The molecule has 2 aromatic carbocycles. The average molecular weight is 404 g/mol. The van der Waals surface area contributed by atoms with Gasteiger partial charge in [0, 0.05) is 0 Å². The van der Waals surface area contributed by atoms with E-state index in [1.807, 2.05) is 0 Å². The Hall–Kier alpha value is -2.49. The van der Waals surface area contributed by atoms with Crippen LogP contribution in [0.2, 0.25) is 0 Å². The van der Waals surface area contributed by atoms with Crippen molar-refractivity contribution in [2.24, 2.45) is 0 Å². The molecule has 2 aromatic rings. The number of benzene rings is 2. The molecule has 0 aromatic heterocycles. The van der Waals surface area contributed by atoms with E-state index in [2.05, 4.69) is 0 Å². The lowest BCUT2D eigenvalue weighted by Gasteiger charge is -2.45. The lowest BCUT2D eigenvalue weighted by atomic mass is 9.88. The van der Waals surface area contributed by atoms with E-state index in [4.69, 9.17) is 14.6 Å². The highest BCUT2D eigenvalue weighted by Gasteiger charge is 2.53. The largest absolute Gasteiger partial charge is 0.478 e. The van der Waals surface area contributed by atoms with Crippen LogP contribution in [0.3, 0.4) is 0 Å². The smallest absolute Gasteiger partial charge is 0.335 e. The summed E-state index contributed by atoms with van der Waals surface area (Å²) in [6.07, 6.45) is -5.46. The van der Waals surface area contributed by atoms with Crippen LogP contribution in [0.15, 0.2) is 42.5 Å². The van der Waals surface area contributed by atoms with Crippen LogP contribution >= 0.6 is 0 Å². The van der Waals surface area contributed by atoms with E-state index in [0.29, 0.717) is 11.3 Å². The maximum atomic E-state index is 11.2. The maximum Gasteiger partial charge on any atom is 0.335 e. The number of aliphatic hydroxyl groups excluding tert-OH is 3. The molecule has 5 N–H and O–H groups in total. The van der Waals surface area contributed by atoms with Crippen LogP contribution in [0.4, 0.5) is 0 Å². The number of carboxylic acids is 1. The standard InChI is InChI=1S/C21H24O8/c1-11-8-13(12-4-3-5-14(9-12)19(25)26)6-7-15(11)28-20-21(2,27)18(24)17(23)16(10-22)29-20/h3-9,16-18,20,22-24,27H,10H2,1-2H3,(H,25,26)/t16-,17-,18+,20+,21-/m1/s1. The van der Waals surface area contributed by atoms with Crippen LogP contribution < -0.4 is 4.74 Å². The predicted octanol–water partition coefficient (Wildman–Crippen LogP) is 0.929. The van der Waals surface area contributed by atoms with Crippen molar-refractivity contribution in [3.63, 3.8) is 0 Å². The van der Waals surface area contributed by atoms with Crippen molar-refractivity contribution in [2.75, 3.05) is 6.61 Å². The number of carboxylic acid groups (broad SMARTS) is 1. The predicted molar refractivity (Wildman–Crippen MR) is 103 cm³/mol. The number of hydrogen-bond acceptors (Lipinski definition) is 7. The zero-order valence-electron chi connectivity index (χ0n) is 16.0. The monoisotopic (exact) mass is 404 g/mol. The molecule has 0 spiro atoms. The zero-order valence-corrected chi connectivity index (χ0v) is 16.0. The van der Waals surface area contributed by atoms with Crippen LogP contribution in [0.5, 0.6) is 5.75 Å². The third-order valence-electron chi connectivity index (χ3n) is 5.11. The number of aryl methyl sites for hydroxylation is 1. The maximum absolute atomic E-state index is 11.2. The second kappa shape index (κ2) is 8.10. The van der Waals surface area contributed by atoms with Gasteiger partial charge in [0.05, 0.1) is 12.2 Å². The fraction of sp³-hybridized carbons (Fsp3) is 0.381. The molecule has 1 aliphatic heterocycles. The van der Waals surface area contributed by atoms with Gasteiger partial charge in [-0.05, 0) is 54.8 Å². The second-order valence-electron chi connectivity index (χ2n) is 7.33. The zero-order chi connectivity index (χ0) is 21.3. The number of aliphatic hydroxyl groups is 4. The van der Waals surface area contributed by atoms with E-state index in [9.17, 15) is 25.2 Å². The highest BCUT2D eigenvalue weighted by atomic mass is 16.7. The Morgan fingerprint density at radius 2 is 1.86 bits per heavy atom. The lowest BCUT2D eigenvalue weighted by Crippen LogP contribution is -2.66. The van der Waals surface area contributed by atoms with Crippen LogP contribution in [0.25, 0.3) is 11.1 Å². The molecule has 0 aliphatic carbocycles. The number of aromatic carboxylic acids is 1. The number of hydrogen-bond donors (Lipinski definition) is 5. The van der Waals surface area contributed by atoms with Crippen molar-refractivity contribution in [1.82, 2.24) is 0 Å². The molecule has 5 atom stereocenters. The number of rotatable bonds is 5. The summed E-state index contributed by atoms with van der Waals surface area (Å²) in [6, 6.07) is 11.7. The minimum absolute atomic E-state index is 0.176. The summed E-state index contributed by atoms with van der Waals surface area (Å²) in [4.78, 5) is 11.2. The first-order valence-corrected chi connectivity index (χ1v) is 9.11. The van der Waals surface area contributed by atoms with Gasteiger partial charge in [-0.25, -0.2) is 4.79 Å². The quantitative estimate of drug-likeness (QED) is 0.496. The molecule has 156 valence electrons. The normalized spacial score (nSPS) is 29.4. The van der Waals surface area contributed by atoms with Gasteiger partial charge in [-0.15, -0.1) is 0 Å². The van der Waals surface area contributed by atoms with Gasteiger partial charge in [0.2, 0.25) is 6.29 Å². The van der Waals surface area contributed by atoms with E-state index in [0.717, 1.165) is 11.1 Å². The topological polar surface area (TPSA) is 137 Å². The van der Waals surface area contributed by atoms with Gasteiger partial charge in [0.1, 0.15) is 24.1 Å². The summed E-state index contributed by atoms with van der Waals surface area (Å²) in [5.41, 5.74) is 0.447. The first-order chi connectivity index (χ1) is 13.6. The Morgan fingerprint density at radius 3 is 2.48 bits per heavy atom. The van der Waals surface area contributed by atoms with Gasteiger partial charge in [0.25, 0.3) is 0 Å². The Morgan fingerprint density at radius 1 is 1.17 bits per heavy atom. The molecule has 0 bridgehead atoms. The molecule has 3 rings (SSSR count). The van der Waals surface area contributed by atoms with Crippen LogP contribution in [-0.4, -0.2) is 68.3 Å². The molecule has 8 nitrogen and oxygen atoms in total. The summed E-state index contributed by atoms with van der Waals surface area (Å²) in [6.45, 7) is 2.50. The van der Waals surface area contributed by atoms with E-state index >= 15 is 0 Å². The summed E-state index contributed by atoms with van der Waals surface area (Å²) in [5.74, 6) is -0.645. The minimum Gasteiger partial charge on any atom is -0.478 e. The third-order valence-corrected chi connectivity index (χ3v) is 5.11. The Balaban J connectivity index is 1.85. The fourth-order valence-electron chi connectivity index (χ4n) is 3.27. The van der Waals surface area contributed by atoms with Crippen molar-refractivity contribution >= 4 is 5.97 Å². The minimum atomic E-state index is -1.91. The van der Waals surface area contributed by atoms with Crippen LogP contribution in [-0.2, 0) is 4.74 Å². The van der Waals surface area contributed by atoms with Crippen molar-refractivity contribution in [3.05, 3.63) is 53.6 Å². The van der Waals surface area contributed by atoms with Crippen molar-refractivity contribution in [2.45, 2.75) is 44.1 Å². The molecule has 0 amide bonds. The molecular weight excluding hydrogens is 380 g/mol. The van der Waals surface area contributed by atoms with Gasteiger partial charge in [-0.1, -0.05) is 18.2 Å². The summed E-state index contributed by atoms with van der Waals surface area (Å²) < 4.78 is 11.2. The first kappa shape index (κ1) is 21.2. The fourth-order valence-corrected chi connectivity index (χ4v) is 3.27. The van der Waals surface area contributed by atoms with Crippen LogP contribution in [0.1, 0.15) is 22.8 Å². The molecule has 1 fully saturated rings. The summed E-state index contributed by atoms with van der Waals surface area (Å²) in [5, 5.41) is 49.2. The van der Waals surface area contributed by atoms with E-state index < -0.39 is 42.8 Å². The molecule has 0 unspecified atom stereocenters. The molecule has 1 saturated heterocycles. The third kappa shape index (κ3) is 4.12. The molecular formula is C21H24O8. The van der Waals surface area contributed by atoms with Gasteiger partial charge in [0.15, 0.2) is 5.60 Å². The van der Waals surface area contributed by atoms with Crippen LogP contribution in [0, 0.1) is 6.92 Å². The highest BCUT2D eigenvalue weighted by molar-refractivity contribution is 5.89. The summed E-state index contributed by atoms with van der Waals surface area (Å²) >= 11 is 0. The van der Waals surface area contributed by atoms with E-state index in [-0.39, 0.29) is 5.56 Å². The van der Waals surface area contributed by atoms with Crippen molar-refractivity contribution < 1.29 is 39.8 Å². The molecule has 1 aliphatic rings. The van der Waals surface area contributed by atoms with Gasteiger partial charge in [-0.2, -0.15) is 0 Å². The molecule has 8 heteroatoms. The molecule has 0 saturated carbocycles. The Bertz CT molecular complexity index is 894. The highest BCUT2D eigenvalue weighted by Crippen LogP contribution is 2.34. The number of carbonyl (C=O) groups is 1. The first-order valence-electron chi connectivity index (χ1n) is 9.11. The Labute approximate surface area is 167 Å². The summed E-state index contributed by atoms with van der Waals surface area (Å²) in [7, 11) is 0. The van der Waals surface area contributed by atoms with Crippen molar-refractivity contribution in [3.8, 4) is 16.9 Å². The molecule has 29 heavy (non-hydrogen) atoms. The van der Waals surface area contributed by atoms with Gasteiger partial charge >= 0.3 is 5.97 Å². The van der Waals surface area contributed by atoms with Gasteiger partial charge in [-0.3, -0.25) is 0 Å². The van der Waals surface area contributed by atoms with Gasteiger partial charge < -0.3 is 35.0 Å². The average Bonchev–Trinajstić information content (AvgIpc) is 2.70. The molecule has 1 heterocycles. The lowest BCUT2D eigenvalue weighted by molar-refractivity contribution is -0.314.